The quantitative estimate of drug-likeness (QED) is 0.417. The maximum atomic E-state index is 13.4. The number of sulfone groups is 1. The first kappa shape index (κ1) is 28.4. The average Bonchev–Trinajstić information content (AvgIpc) is 2.91. The number of rotatable bonds is 11. The lowest BCUT2D eigenvalue weighted by Crippen LogP contribution is -2.56. The molecular formula is C28H38N4O4S. The van der Waals surface area contributed by atoms with Crippen molar-refractivity contribution < 1.29 is 18.0 Å². The van der Waals surface area contributed by atoms with E-state index in [-0.39, 0.29) is 22.8 Å². The van der Waals surface area contributed by atoms with Crippen LogP contribution in [0.5, 0.6) is 0 Å². The van der Waals surface area contributed by atoms with Gasteiger partial charge < -0.3 is 20.9 Å². The summed E-state index contributed by atoms with van der Waals surface area (Å²) in [6.45, 7) is 6.60. The third-order valence-corrected chi connectivity index (χ3v) is 7.65. The number of amides is 3. The van der Waals surface area contributed by atoms with Gasteiger partial charge in [-0.25, -0.2) is 13.2 Å². The highest BCUT2D eigenvalue weighted by Crippen LogP contribution is 2.14. The number of benzene rings is 2. The summed E-state index contributed by atoms with van der Waals surface area (Å²) in [5.74, 6) is -0.146. The number of urea groups is 1. The van der Waals surface area contributed by atoms with Gasteiger partial charge in [-0.3, -0.25) is 4.79 Å². The molecule has 0 aliphatic carbocycles. The maximum Gasteiger partial charge on any atom is 0.318 e. The Kier molecular flexibility index (Phi) is 10.7. The van der Waals surface area contributed by atoms with Crippen LogP contribution >= 0.6 is 0 Å². The lowest BCUT2D eigenvalue weighted by Gasteiger charge is -2.30. The van der Waals surface area contributed by atoms with Gasteiger partial charge >= 0.3 is 6.03 Å². The molecule has 1 fully saturated rings. The number of piperazine rings is 1. The minimum absolute atomic E-state index is 0.177. The number of hydrogen-bond donors (Lipinski definition) is 3. The summed E-state index contributed by atoms with van der Waals surface area (Å²) in [4.78, 5) is 28.1. The number of hydrogen-bond acceptors (Lipinski definition) is 5. The predicted molar refractivity (Wildman–Crippen MR) is 146 cm³/mol. The van der Waals surface area contributed by atoms with Gasteiger partial charge in [-0.2, -0.15) is 0 Å². The van der Waals surface area contributed by atoms with Crippen molar-refractivity contribution in [3.05, 3.63) is 77.7 Å². The van der Waals surface area contributed by atoms with Gasteiger partial charge in [0.2, 0.25) is 5.91 Å². The van der Waals surface area contributed by atoms with Gasteiger partial charge in [0.15, 0.2) is 9.84 Å². The van der Waals surface area contributed by atoms with E-state index < -0.39 is 21.9 Å². The Balaban J connectivity index is 1.75. The molecule has 200 valence electrons. The van der Waals surface area contributed by atoms with Crippen LogP contribution < -0.4 is 16.0 Å². The van der Waals surface area contributed by atoms with Crippen LogP contribution in [-0.4, -0.2) is 63.5 Å². The van der Waals surface area contributed by atoms with Crippen LogP contribution in [0.1, 0.15) is 32.3 Å². The summed E-state index contributed by atoms with van der Waals surface area (Å²) in [5, 5.41) is 10.3. The van der Waals surface area contributed by atoms with E-state index in [1.807, 2.05) is 44.2 Å². The summed E-state index contributed by atoms with van der Waals surface area (Å²) < 4.78 is 25.7. The van der Waals surface area contributed by atoms with Crippen LogP contribution in [0.2, 0.25) is 0 Å². The molecule has 0 aromatic heterocycles. The Hall–Kier alpha value is -3.17. The van der Waals surface area contributed by atoms with E-state index in [0.29, 0.717) is 32.4 Å². The number of aryl methyl sites for hydroxylation is 1. The molecule has 0 spiro atoms. The fourth-order valence-corrected chi connectivity index (χ4v) is 5.26. The van der Waals surface area contributed by atoms with E-state index >= 15 is 0 Å². The van der Waals surface area contributed by atoms with E-state index in [1.54, 1.807) is 35.2 Å². The fourth-order valence-electron chi connectivity index (χ4n) is 4.16. The molecule has 1 heterocycles. The zero-order valence-corrected chi connectivity index (χ0v) is 22.4. The van der Waals surface area contributed by atoms with Crippen molar-refractivity contribution in [1.82, 2.24) is 20.9 Å². The average molecular weight is 527 g/mol. The Morgan fingerprint density at radius 2 is 1.59 bits per heavy atom. The first-order valence-electron chi connectivity index (χ1n) is 12.8. The molecule has 3 amide bonds. The highest BCUT2D eigenvalue weighted by molar-refractivity contribution is 7.94. The van der Waals surface area contributed by atoms with Crippen LogP contribution in [0.15, 0.2) is 77.0 Å². The van der Waals surface area contributed by atoms with Gasteiger partial charge in [0, 0.05) is 37.6 Å². The van der Waals surface area contributed by atoms with Gasteiger partial charge in [-0.1, -0.05) is 68.5 Å². The van der Waals surface area contributed by atoms with Crippen molar-refractivity contribution in [2.75, 3.05) is 26.2 Å². The molecule has 3 rings (SSSR count). The standard InChI is InChI=1S/C28H38N4O4S/c1-22(2)21-26(31-28(34)32-18-16-29-17-19-32)27(33)30-24(14-13-23-9-5-3-6-10-23)15-20-37(35,36)25-11-7-4-8-12-25/h3-12,15,20,22,24,26,29H,13-14,16-19,21H2,1-2H3,(H,30,33)(H,31,34)/b20-15+/t24-,26+/m0/s1. The highest BCUT2D eigenvalue weighted by Gasteiger charge is 2.26. The molecule has 1 saturated heterocycles. The molecule has 0 saturated carbocycles. The number of nitrogens with one attached hydrogen (secondary N) is 3. The lowest BCUT2D eigenvalue weighted by atomic mass is 10.0. The fraction of sp³-hybridized carbons (Fsp3) is 0.429. The summed E-state index contributed by atoms with van der Waals surface area (Å²) in [5.41, 5.74) is 1.09. The number of carbonyl (C=O) groups excluding carboxylic acids is 2. The Morgan fingerprint density at radius 3 is 2.22 bits per heavy atom. The second-order valence-electron chi connectivity index (χ2n) is 9.69. The van der Waals surface area contributed by atoms with Crippen molar-refractivity contribution in [1.29, 1.82) is 0 Å². The van der Waals surface area contributed by atoms with Crippen molar-refractivity contribution in [3.8, 4) is 0 Å². The predicted octanol–water partition coefficient (Wildman–Crippen LogP) is 3.12. The minimum Gasteiger partial charge on any atom is -0.348 e. The molecule has 2 aromatic rings. The normalized spacial score (nSPS) is 15.9. The smallest absolute Gasteiger partial charge is 0.318 e. The number of carbonyl (C=O) groups is 2. The van der Waals surface area contributed by atoms with Crippen LogP contribution in [0.25, 0.3) is 0 Å². The Morgan fingerprint density at radius 1 is 0.973 bits per heavy atom. The number of nitrogens with zero attached hydrogens (tertiary/aromatic N) is 1. The summed E-state index contributed by atoms with van der Waals surface area (Å²) in [7, 11) is -3.66. The van der Waals surface area contributed by atoms with E-state index in [2.05, 4.69) is 16.0 Å². The molecule has 2 atom stereocenters. The molecule has 1 aliphatic rings. The third-order valence-electron chi connectivity index (χ3n) is 6.20. The van der Waals surface area contributed by atoms with Crippen LogP contribution in [0.4, 0.5) is 4.79 Å². The second-order valence-corrected chi connectivity index (χ2v) is 11.5. The lowest BCUT2D eigenvalue weighted by molar-refractivity contribution is -0.123. The molecule has 37 heavy (non-hydrogen) atoms. The molecule has 9 heteroatoms. The molecule has 2 aromatic carbocycles. The molecule has 0 radical (unpaired) electrons. The third kappa shape index (κ3) is 9.33. The largest absolute Gasteiger partial charge is 0.348 e. The highest BCUT2D eigenvalue weighted by atomic mass is 32.2. The molecule has 0 unspecified atom stereocenters. The van der Waals surface area contributed by atoms with E-state index in [4.69, 9.17) is 0 Å². The molecule has 1 aliphatic heterocycles. The van der Waals surface area contributed by atoms with Gasteiger partial charge in [0.05, 0.1) is 4.90 Å². The first-order valence-corrected chi connectivity index (χ1v) is 14.4. The van der Waals surface area contributed by atoms with Crippen molar-refractivity contribution in [2.24, 2.45) is 5.92 Å². The van der Waals surface area contributed by atoms with E-state index in [1.165, 1.54) is 6.08 Å². The SMILES string of the molecule is CC(C)C[C@@H](NC(=O)N1CCNCC1)C(=O)N[C@H](/C=C/S(=O)(=O)c1ccccc1)CCc1ccccc1. The van der Waals surface area contributed by atoms with E-state index in [0.717, 1.165) is 24.1 Å². The van der Waals surface area contributed by atoms with Crippen molar-refractivity contribution >= 4 is 21.8 Å². The molecule has 0 bridgehead atoms. The Labute approximate surface area is 220 Å². The summed E-state index contributed by atoms with van der Waals surface area (Å²) >= 11 is 0. The van der Waals surface area contributed by atoms with Crippen LogP contribution in [-0.2, 0) is 21.1 Å². The van der Waals surface area contributed by atoms with Crippen molar-refractivity contribution in [2.45, 2.75) is 50.1 Å². The maximum absolute atomic E-state index is 13.4. The molecular weight excluding hydrogens is 488 g/mol. The topological polar surface area (TPSA) is 108 Å². The van der Waals surface area contributed by atoms with Crippen LogP contribution in [0.3, 0.4) is 0 Å². The van der Waals surface area contributed by atoms with Crippen molar-refractivity contribution in [3.63, 3.8) is 0 Å². The summed E-state index contributed by atoms with van der Waals surface area (Å²) in [6.07, 6.45) is 3.18. The minimum atomic E-state index is -3.66. The zero-order valence-electron chi connectivity index (χ0n) is 21.6. The molecule has 3 N–H and O–H groups in total. The Bertz CT molecular complexity index is 1130. The monoisotopic (exact) mass is 526 g/mol. The first-order chi connectivity index (χ1) is 17.7. The van der Waals surface area contributed by atoms with Crippen LogP contribution in [0, 0.1) is 5.92 Å². The van der Waals surface area contributed by atoms with Gasteiger partial charge in [-0.15, -0.1) is 0 Å². The molecule has 8 nitrogen and oxygen atoms in total. The second kappa shape index (κ2) is 13.9. The van der Waals surface area contributed by atoms with Gasteiger partial charge in [-0.05, 0) is 42.9 Å². The van der Waals surface area contributed by atoms with E-state index in [9.17, 15) is 18.0 Å². The van der Waals surface area contributed by atoms with Gasteiger partial charge in [0.1, 0.15) is 6.04 Å². The zero-order chi connectivity index (χ0) is 26.7. The summed E-state index contributed by atoms with van der Waals surface area (Å²) in [6, 6.07) is 16.5. The van der Waals surface area contributed by atoms with Gasteiger partial charge in [0.25, 0.3) is 0 Å².